The van der Waals surface area contributed by atoms with E-state index < -0.39 is 0 Å². The van der Waals surface area contributed by atoms with Crippen molar-refractivity contribution in [3.63, 3.8) is 0 Å². The molecule has 1 aliphatic rings. The van der Waals surface area contributed by atoms with Crippen molar-refractivity contribution in [2.75, 3.05) is 5.32 Å². The first kappa shape index (κ1) is 16.6. The molecule has 0 saturated heterocycles. The number of carbonyl (C=O) groups is 1. The second kappa shape index (κ2) is 6.48. The summed E-state index contributed by atoms with van der Waals surface area (Å²) in [4.78, 5) is 12.5. The van der Waals surface area contributed by atoms with E-state index in [1.807, 2.05) is 59.9 Å². The van der Waals surface area contributed by atoms with Gasteiger partial charge >= 0.3 is 0 Å². The fourth-order valence-electron chi connectivity index (χ4n) is 3.34. The van der Waals surface area contributed by atoms with Gasteiger partial charge in [0.2, 0.25) is 5.91 Å². The molecule has 4 rings (SSSR count). The molecule has 0 spiro atoms. The van der Waals surface area contributed by atoms with Gasteiger partial charge in [-0.25, -0.2) is 4.68 Å². The summed E-state index contributed by atoms with van der Waals surface area (Å²) in [7, 11) is 1.98. The van der Waals surface area contributed by atoms with Gasteiger partial charge in [0.25, 0.3) is 0 Å². The second-order valence-corrected chi connectivity index (χ2v) is 7.14. The van der Waals surface area contributed by atoms with Crippen LogP contribution < -0.4 is 5.32 Å². The quantitative estimate of drug-likeness (QED) is 0.741. The molecule has 7 heteroatoms. The second-order valence-electron chi connectivity index (χ2n) is 7.14. The molecule has 1 N–H and O–H groups in total. The molecular weight excluding hydrogens is 328 g/mol. The molecule has 3 aromatic rings. The van der Waals surface area contributed by atoms with Crippen molar-refractivity contribution >= 4 is 11.7 Å². The summed E-state index contributed by atoms with van der Waals surface area (Å²) in [5.41, 5.74) is 2.79. The number of nitrogens with one attached hydrogen (secondary N) is 1. The number of hydrogen-bond acceptors (Lipinski definition) is 3. The van der Waals surface area contributed by atoms with Crippen LogP contribution in [0.5, 0.6) is 0 Å². The van der Waals surface area contributed by atoms with Crippen LogP contribution in [0, 0.1) is 12.8 Å². The van der Waals surface area contributed by atoms with Crippen molar-refractivity contribution in [3.05, 3.63) is 42.4 Å². The van der Waals surface area contributed by atoms with Crippen LogP contribution in [0.15, 0.2) is 36.7 Å². The van der Waals surface area contributed by atoms with E-state index in [1.165, 1.54) is 12.8 Å². The highest BCUT2D eigenvalue weighted by Gasteiger charge is 2.31. The molecule has 1 amide bonds. The molecule has 3 heterocycles. The van der Waals surface area contributed by atoms with Gasteiger partial charge in [0, 0.05) is 25.5 Å². The summed E-state index contributed by atoms with van der Waals surface area (Å²) in [6.45, 7) is 4.29. The Morgan fingerprint density at radius 2 is 2.12 bits per heavy atom. The zero-order valence-corrected chi connectivity index (χ0v) is 15.4. The molecule has 0 radical (unpaired) electrons. The largest absolute Gasteiger partial charge is 0.349 e. The standard InChI is InChI=1S/C19H24N6O/c1-13-11-18(25(21-13)14(2)15-6-7-15)20-19(26)12-24-10-8-16(22-24)17-5-4-9-23(17)3/h4-5,8-11,14-15H,6-7,12H2,1-3H3,(H,20,26)/t14-/m1/s1. The lowest BCUT2D eigenvalue weighted by Crippen LogP contribution is -2.22. The number of rotatable bonds is 6. The Kier molecular flexibility index (Phi) is 4.14. The average molecular weight is 352 g/mol. The van der Waals surface area contributed by atoms with Gasteiger partial charge in [-0.05, 0) is 50.8 Å². The molecule has 136 valence electrons. The molecule has 3 aromatic heterocycles. The molecular formula is C19H24N6O. The summed E-state index contributed by atoms with van der Waals surface area (Å²) >= 11 is 0. The molecule has 1 aliphatic carbocycles. The van der Waals surface area contributed by atoms with E-state index in [0.717, 1.165) is 22.9 Å². The highest BCUT2D eigenvalue weighted by molar-refractivity contribution is 5.89. The van der Waals surface area contributed by atoms with Crippen LogP contribution in [0.4, 0.5) is 5.82 Å². The van der Waals surface area contributed by atoms with Crippen molar-refractivity contribution < 1.29 is 4.79 Å². The number of hydrogen-bond donors (Lipinski definition) is 1. The third-order valence-corrected chi connectivity index (χ3v) is 4.97. The van der Waals surface area contributed by atoms with E-state index >= 15 is 0 Å². The van der Waals surface area contributed by atoms with Gasteiger partial charge < -0.3 is 9.88 Å². The maximum absolute atomic E-state index is 12.5. The van der Waals surface area contributed by atoms with Crippen molar-refractivity contribution in [2.45, 2.75) is 39.3 Å². The Morgan fingerprint density at radius 3 is 2.81 bits per heavy atom. The monoisotopic (exact) mass is 352 g/mol. The Balaban J connectivity index is 1.45. The molecule has 0 aromatic carbocycles. The first-order valence-corrected chi connectivity index (χ1v) is 9.02. The van der Waals surface area contributed by atoms with Crippen LogP contribution in [-0.4, -0.2) is 30.0 Å². The molecule has 1 fully saturated rings. The van der Waals surface area contributed by atoms with Crippen molar-refractivity contribution in [1.29, 1.82) is 0 Å². The minimum atomic E-state index is -0.101. The summed E-state index contributed by atoms with van der Waals surface area (Å²) < 4.78 is 5.62. The van der Waals surface area contributed by atoms with Crippen molar-refractivity contribution in [3.8, 4) is 11.4 Å². The Bertz CT molecular complexity index is 930. The normalized spacial score (nSPS) is 15.2. The van der Waals surface area contributed by atoms with Crippen molar-refractivity contribution in [2.24, 2.45) is 13.0 Å². The van der Waals surface area contributed by atoms with E-state index in [1.54, 1.807) is 4.68 Å². The van der Waals surface area contributed by atoms with Gasteiger partial charge in [-0.15, -0.1) is 0 Å². The lowest BCUT2D eigenvalue weighted by molar-refractivity contribution is -0.116. The zero-order chi connectivity index (χ0) is 18.3. The van der Waals surface area contributed by atoms with Crippen LogP contribution in [0.2, 0.25) is 0 Å². The van der Waals surface area contributed by atoms with Gasteiger partial charge in [0.1, 0.15) is 18.1 Å². The predicted octanol–water partition coefficient (Wildman–Crippen LogP) is 3.00. The molecule has 7 nitrogen and oxygen atoms in total. The predicted molar refractivity (Wildman–Crippen MR) is 99.7 cm³/mol. The first-order chi connectivity index (χ1) is 12.5. The Hall–Kier alpha value is -2.83. The van der Waals surface area contributed by atoms with E-state index in [9.17, 15) is 4.79 Å². The van der Waals surface area contributed by atoms with Crippen LogP contribution in [0.3, 0.4) is 0 Å². The van der Waals surface area contributed by atoms with E-state index in [4.69, 9.17) is 0 Å². The third kappa shape index (κ3) is 3.29. The number of aromatic nitrogens is 5. The zero-order valence-electron chi connectivity index (χ0n) is 15.4. The molecule has 26 heavy (non-hydrogen) atoms. The highest BCUT2D eigenvalue weighted by Crippen LogP contribution is 2.40. The van der Waals surface area contributed by atoms with Gasteiger partial charge in [-0.3, -0.25) is 9.48 Å². The first-order valence-electron chi connectivity index (χ1n) is 9.02. The number of amides is 1. The molecule has 0 bridgehead atoms. The van der Waals surface area contributed by atoms with Crippen LogP contribution in [0.1, 0.15) is 31.5 Å². The Labute approximate surface area is 152 Å². The topological polar surface area (TPSA) is 69.7 Å². The summed E-state index contributed by atoms with van der Waals surface area (Å²) in [5, 5.41) is 12.1. The Morgan fingerprint density at radius 1 is 1.31 bits per heavy atom. The van der Waals surface area contributed by atoms with Gasteiger partial charge in [0.05, 0.1) is 17.4 Å². The fourth-order valence-corrected chi connectivity index (χ4v) is 3.34. The lowest BCUT2D eigenvalue weighted by atomic mass is 10.2. The van der Waals surface area contributed by atoms with Gasteiger partial charge in [0.15, 0.2) is 0 Å². The number of anilines is 1. The SMILES string of the molecule is Cc1cc(NC(=O)Cn2ccc(-c3cccn3C)n2)n([C@H](C)C2CC2)n1. The summed E-state index contributed by atoms with van der Waals surface area (Å²) in [6, 6.07) is 8.15. The summed E-state index contributed by atoms with van der Waals surface area (Å²) in [5.74, 6) is 1.33. The highest BCUT2D eigenvalue weighted by atomic mass is 16.2. The smallest absolute Gasteiger partial charge is 0.247 e. The maximum atomic E-state index is 12.5. The van der Waals surface area contributed by atoms with Gasteiger partial charge in [-0.1, -0.05) is 0 Å². The van der Waals surface area contributed by atoms with Crippen LogP contribution in [0.25, 0.3) is 11.4 Å². The molecule has 1 atom stereocenters. The van der Waals surface area contributed by atoms with Crippen LogP contribution in [-0.2, 0) is 18.4 Å². The van der Waals surface area contributed by atoms with Gasteiger partial charge in [-0.2, -0.15) is 10.2 Å². The van der Waals surface area contributed by atoms with E-state index in [0.29, 0.717) is 12.0 Å². The van der Waals surface area contributed by atoms with Crippen molar-refractivity contribution in [1.82, 2.24) is 24.1 Å². The molecule has 0 unspecified atom stereocenters. The van der Waals surface area contributed by atoms with E-state index in [-0.39, 0.29) is 12.5 Å². The number of aryl methyl sites for hydroxylation is 2. The number of carbonyl (C=O) groups excluding carboxylic acids is 1. The minimum absolute atomic E-state index is 0.101. The maximum Gasteiger partial charge on any atom is 0.247 e. The number of nitrogens with zero attached hydrogens (tertiary/aromatic N) is 5. The molecule has 1 saturated carbocycles. The van der Waals surface area contributed by atoms with E-state index in [2.05, 4.69) is 22.4 Å². The summed E-state index contributed by atoms with van der Waals surface area (Å²) in [6.07, 6.45) is 6.29. The molecule has 0 aliphatic heterocycles. The fraction of sp³-hybridized carbons (Fsp3) is 0.421. The lowest BCUT2D eigenvalue weighted by Gasteiger charge is -2.15. The van der Waals surface area contributed by atoms with Crippen LogP contribution >= 0.6 is 0 Å². The average Bonchev–Trinajstić information content (AvgIpc) is 3.03. The minimum Gasteiger partial charge on any atom is -0.349 e. The third-order valence-electron chi connectivity index (χ3n) is 4.97.